The molecule has 1 atom stereocenters. The van der Waals surface area contributed by atoms with Crippen LogP contribution in [-0.4, -0.2) is 45.2 Å². The summed E-state index contributed by atoms with van der Waals surface area (Å²) in [5, 5.41) is 9.89. The highest BCUT2D eigenvalue weighted by molar-refractivity contribution is 7.92. The van der Waals surface area contributed by atoms with Gasteiger partial charge in [-0.2, -0.15) is 0 Å². The highest BCUT2D eigenvalue weighted by atomic mass is 32.2. The fourth-order valence-corrected chi connectivity index (χ4v) is 5.78. The normalized spacial score (nSPS) is 16.4. The maximum absolute atomic E-state index is 12.9. The van der Waals surface area contributed by atoms with Crippen molar-refractivity contribution in [1.82, 2.24) is 0 Å². The largest absolute Gasteiger partial charge is 0.478 e. The predicted octanol–water partition coefficient (Wildman–Crippen LogP) is 4.52. The second kappa shape index (κ2) is 9.38. The lowest BCUT2D eigenvalue weighted by atomic mass is 10.1. The number of carboxylic acids is 1. The topological polar surface area (TPSA) is 90.0 Å². The number of benzene rings is 3. The Morgan fingerprint density at radius 1 is 1.00 bits per heavy atom. The first-order valence-electron chi connectivity index (χ1n) is 11.2. The third-order valence-electron chi connectivity index (χ3n) is 6.16. The lowest BCUT2D eigenvalue weighted by molar-refractivity contribution is 0.0697. The summed E-state index contributed by atoms with van der Waals surface area (Å²) in [6.07, 6.45) is 0. The van der Waals surface area contributed by atoms with Crippen LogP contribution in [0.1, 0.15) is 28.4 Å². The Balaban J connectivity index is 1.57. The van der Waals surface area contributed by atoms with E-state index in [2.05, 4.69) is 46.6 Å². The minimum absolute atomic E-state index is 0.0705. The maximum atomic E-state index is 12.9. The van der Waals surface area contributed by atoms with Crippen LogP contribution in [-0.2, 0) is 10.0 Å². The third kappa shape index (κ3) is 4.87. The van der Waals surface area contributed by atoms with Crippen LogP contribution in [0.25, 0.3) is 0 Å². The zero-order chi connectivity index (χ0) is 24.5. The van der Waals surface area contributed by atoms with Gasteiger partial charge in [0.25, 0.3) is 10.0 Å². The molecular weight excluding hydrogens is 450 g/mol. The Bertz CT molecular complexity index is 1320. The van der Waals surface area contributed by atoms with E-state index in [4.69, 9.17) is 0 Å². The van der Waals surface area contributed by atoms with Crippen molar-refractivity contribution in [3.63, 3.8) is 0 Å². The van der Waals surface area contributed by atoms with E-state index in [9.17, 15) is 18.3 Å². The zero-order valence-corrected chi connectivity index (χ0v) is 20.3. The molecule has 2 N–H and O–H groups in total. The number of rotatable bonds is 6. The molecule has 3 aromatic carbocycles. The van der Waals surface area contributed by atoms with Crippen LogP contribution in [0.3, 0.4) is 0 Å². The summed E-state index contributed by atoms with van der Waals surface area (Å²) in [7, 11) is -3.84. The number of piperazine rings is 1. The summed E-state index contributed by atoms with van der Waals surface area (Å²) in [5.74, 6) is -1.10. The number of aryl methyl sites for hydroxylation is 2. The number of anilines is 3. The van der Waals surface area contributed by atoms with Crippen molar-refractivity contribution in [3.05, 3.63) is 83.4 Å². The van der Waals surface area contributed by atoms with Gasteiger partial charge in [0.2, 0.25) is 0 Å². The minimum Gasteiger partial charge on any atom is -0.478 e. The summed E-state index contributed by atoms with van der Waals surface area (Å²) in [4.78, 5) is 16.6. The molecule has 1 aliphatic rings. The maximum Gasteiger partial charge on any atom is 0.337 e. The van der Waals surface area contributed by atoms with Crippen molar-refractivity contribution in [2.75, 3.05) is 34.2 Å². The second-order valence-corrected chi connectivity index (χ2v) is 10.4. The molecule has 1 heterocycles. The van der Waals surface area contributed by atoms with Gasteiger partial charge in [0, 0.05) is 37.1 Å². The molecule has 1 saturated heterocycles. The first-order chi connectivity index (χ1) is 16.2. The number of aromatic carboxylic acids is 1. The Hall–Kier alpha value is -3.52. The average Bonchev–Trinajstić information content (AvgIpc) is 2.79. The predicted molar refractivity (Wildman–Crippen MR) is 136 cm³/mol. The van der Waals surface area contributed by atoms with E-state index in [1.165, 1.54) is 17.7 Å². The van der Waals surface area contributed by atoms with Gasteiger partial charge in [0.1, 0.15) is 0 Å². The first kappa shape index (κ1) is 23.6. The van der Waals surface area contributed by atoms with Gasteiger partial charge >= 0.3 is 5.97 Å². The van der Waals surface area contributed by atoms with Gasteiger partial charge in [-0.1, -0.05) is 30.3 Å². The Labute approximate surface area is 200 Å². The summed E-state index contributed by atoms with van der Waals surface area (Å²) in [6.45, 7) is 7.98. The molecule has 0 aromatic heterocycles. The highest BCUT2D eigenvalue weighted by Gasteiger charge is 2.27. The van der Waals surface area contributed by atoms with E-state index in [-0.39, 0.29) is 22.2 Å². The van der Waals surface area contributed by atoms with Gasteiger partial charge in [-0.05, 0) is 68.3 Å². The van der Waals surface area contributed by atoms with Crippen LogP contribution in [0.5, 0.6) is 0 Å². The number of hydrogen-bond acceptors (Lipinski definition) is 5. The second-order valence-electron chi connectivity index (χ2n) is 8.74. The smallest absolute Gasteiger partial charge is 0.337 e. The molecule has 0 saturated carbocycles. The van der Waals surface area contributed by atoms with Crippen molar-refractivity contribution in [1.29, 1.82) is 0 Å². The molecule has 0 amide bonds. The van der Waals surface area contributed by atoms with Crippen molar-refractivity contribution < 1.29 is 18.3 Å². The van der Waals surface area contributed by atoms with Gasteiger partial charge in [0.05, 0.1) is 16.1 Å². The first-order valence-corrected chi connectivity index (χ1v) is 12.7. The van der Waals surface area contributed by atoms with E-state index in [0.29, 0.717) is 24.3 Å². The molecule has 3 aromatic rings. The molecule has 0 aliphatic carbocycles. The van der Waals surface area contributed by atoms with E-state index < -0.39 is 16.0 Å². The van der Waals surface area contributed by atoms with Gasteiger partial charge in [0.15, 0.2) is 0 Å². The SMILES string of the molecule is Cc1cccc(N2CCN(c3ccc(NS(=O)(=O)c4ccccc4C)cc3C(=O)O)CC2C)c1. The molecule has 1 unspecified atom stereocenters. The van der Waals surface area contributed by atoms with Crippen LogP contribution in [0, 0.1) is 13.8 Å². The molecule has 1 fully saturated rings. The Morgan fingerprint density at radius 3 is 2.44 bits per heavy atom. The third-order valence-corrected chi connectivity index (χ3v) is 7.71. The molecule has 0 radical (unpaired) electrons. The number of carboxylic acid groups (broad SMARTS) is 1. The molecule has 8 heteroatoms. The van der Waals surface area contributed by atoms with Crippen LogP contribution in [0.4, 0.5) is 17.1 Å². The molecule has 178 valence electrons. The summed E-state index contributed by atoms with van der Waals surface area (Å²) >= 11 is 0. The molecule has 0 spiro atoms. The molecular formula is C26H29N3O4S. The van der Waals surface area contributed by atoms with Crippen LogP contribution in [0.2, 0.25) is 0 Å². The highest BCUT2D eigenvalue weighted by Crippen LogP contribution is 2.30. The monoisotopic (exact) mass is 479 g/mol. The van der Waals surface area contributed by atoms with Crippen LogP contribution in [0.15, 0.2) is 71.6 Å². The molecule has 34 heavy (non-hydrogen) atoms. The van der Waals surface area contributed by atoms with Gasteiger partial charge in [-0.15, -0.1) is 0 Å². The number of hydrogen-bond donors (Lipinski definition) is 2. The molecule has 1 aliphatic heterocycles. The number of carbonyl (C=O) groups is 1. The van der Waals surface area contributed by atoms with Gasteiger partial charge < -0.3 is 14.9 Å². The van der Waals surface area contributed by atoms with E-state index in [1.54, 1.807) is 37.3 Å². The quantitative estimate of drug-likeness (QED) is 0.540. The minimum atomic E-state index is -3.84. The molecule has 7 nitrogen and oxygen atoms in total. The van der Waals surface area contributed by atoms with E-state index in [1.807, 2.05) is 6.07 Å². The lowest BCUT2D eigenvalue weighted by Gasteiger charge is -2.42. The van der Waals surface area contributed by atoms with Crippen LogP contribution >= 0.6 is 0 Å². The average molecular weight is 480 g/mol. The van der Waals surface area contributed by atoms with Crippen molar-refractivity contribution in [3.8, 4) is 0 Å². The zero-order valence-electron chi connectivity index (χ0n) is 19.5. The van der Waals surface area contributed by atoms with Crippen molar-refractivity contribution >= 4 is 33.1 Å². The fraction of sp³-hybridized carbons (Fsp3) is 0.269. The summed E-state index contributed by atoms with van der Waals surface area (Å²) < 4.78 is 28.2. The Morgan fingerprint density at radius 2 is 1.76 bits per heavy atom. The summed E-state index contributed by atoms with van der Waals surface area (Å²) in [5.41, 5.74) is 3.85. The Kier molecular flexibility index (Phi) is 6.52. The number of nitrogens with zero attached hydrogens (tertiary/aromatic N) is 2. The summed E-state index contributed by atoms with van der Waals surface area (Å²) in [6, 6.07) is 19.9. The fourth-order valence-electron chi connectivity index (χ4n) is 4.48. The standard InChI is InChI=1S/C26H29N3O4S/c1-18-7-6-9-22(15-18)29-14-13-28(17-20(29)3)24-12-11-21(16-23(24)26(30)31)27-34(32,33)25-10-5-4-8-19(25)2/h4-12,15-16,20,27H,13-14,17H2,1-3H3,(H,30,31). The number of nitrogens with one attached hydrogen (secondary N) is 1. The van der Waals surface area contributed by atoms with E-state index in [0.717, 1.165) is 12.2 Å². The molecule has 4 rings (SSSR count). The number of sulfonamides is 1. The lowest BCUT2D eigenvalue weighted by Crippen LogP contribution is -2.52. The van der Waals surface area contributed by atoms with Gasteiger partial charge in [-0.25, -0.2) is 13.2 Å². The van der Waals surface area contributed by atoms with Crippen molar-refractivity contribution in [2.45, 2.75) is 31.7 Å². The van der Waals surface area contributed by atoms with Gasteiger partial charge in [-0.3, -0.25) is 4.72 Å². The van der Waals surface area contributed by atoms with Crippen molar-refractivity contribution in [2.24, 2.45) is 0 Å². The van der Waals surface area contributed by atoms with Crippen LogP contribution < -0.4 is 14.5 Å². The molecule has 0 bridgehead atoms. The van der Waals surface area contributed by atoms with E-state index >= 15 is 0 Å².